The minimum Gasteiger partial charge on any atom is -0.385 e. The third-order valence-corrected chi connectivity index (χ3v) is 2.93. The molecule has 1 aromatic rings. The van der Waals surface area contributed by atoms with Gasteiger partial charge in [0.2, 0.25) is 0 Å². The molecule has 0 fully saturated rings. The Morgan fingerprint density at radius 2 is 2.25 bits per heavy atom. The van der Waals surface area contributed by atoms with Crippen LogP contribution >= 0.6 is 11.6 Å². The molecule has 0 bridgehead atoms. The van der Waals surface area contributed by atoms with Gasteiger partial charge in [0.15, 0.2) is 0 Å². The van der Waals surface area contributed by atoms with Crippen LogP contribution < -0.4 is 11.3 Å². The highest BCUT2D eigenvalue weighted by atomic mass is 35.5. The molecule has 0 heterocycles. The normalized spacial score (nSPS) is 12.8. The van der Waals surface area contributed by atoms with Gasteiger partial charge in [0, 0.05) is 24.8 Å². The van der Waals surface area contributed by atoms with Crippen molar-refractivity contribution >= 4 is 11.6 Å². The van der Waals surface area contributed by atoms with Crippen molar-refractivity contribution in [2.24, 2.45) is 5.84 Å². The summed E-state index contributed by atoms with van der Waals surface area (Å²) in [6, 6.07) is 6.28. The molecular weight excluding hydrogens is 224 g/mol. The number of nitrogens with one attached hydrogen (secondary N) is 1. The van der Waals surface area contributed by atoms with Crippen molar-refractivity contribution in [2.45, 2.75) is 25.8 Å². The number of hydrogen-bond acceptors (Lipinski definition) is 3. The van der Waals surface area contributed by atoms with Gasteiger partial charge in [0.05, 0.1) is 0 Å². The van der Waals surface area contributed by atoms with Crippen LogP contribution in [0.4, 0.5) is 0 Å². The first-order valence-electron chi connectivity index (χ1n) is 5.37. The zero-order chi connectivity index (χ0) is 12.0. The number of rotatable bonds is 6. The van der Waals surface area contributed by atoms with E-state index >= 15 is 0 Å². The molecule has 0 amide bonds. The molecule has 1 rings (SSSR count). The molecule has 4 heteroatoms. The standard InChI is InChI=1S/C12H19ClN2O/c1-9-3-4-10(12(13)7-9)8-11(15-14)5-6-16-2/h3-4,7,11,15H,5-6,8,14H2,1-2H3. The van der Waals surface area contributed by atoms with E-state index in [-0.39, 0.29) is 6.04 Å². The van der Waals surface area contributed by atoms with Crippen LogP contribution in [0.15, 0.2) is 18.2 Å². The molecule has 90 valence electrons. The molecule has 1 aromatic carbocycles. The van der Waals surface area contributed by atoms with Crippen molar-refractivity contribution < 1.29 is 4.74 Å². The molecule has 1 atom stereocenters. The second-order valence-corrected chi connectivity index (χ2v) is 4.35. The molecule has 3 nitrogen and oxygen atoms in total. The Labute approximate surface area is 102 Å². The van der Waals surface area contributed by atoms with Gasteiger partial charge in [-0.1, -0.05) is 23.7 Å². The second kappa shape index (κ2) is 6.86. The minimum atomic E-state index is 0.195. The van der Waals surface area contributed by atoms with Gasteiger partial charge in [0.25, 0.3) is 0 Å². The first-order valence-corrected chi connectivity index (χ1v) is 5.75. The van der Waals surface area contributed by atoms with E-state index in [0.717, 1.165) is 23.4 Å². The second-order valence-electron chi connectivity index (χ2n) is 3.94. The smallest absolute Gasteiger partial charge is 0.0477 e. The van der Waals surface area contributed by atoms with E-state index in [2.05, 4.69) is 17.6 Å². The summed E-state index contributed by atoms with van der Waals surface area (Å²) in [5.74, 6) is 5.49. The lowest BCUT2D eigenvalue weighted by molar-refractivity contribution is 0.182. The summed E-state index contributed by atoms with van der Waals surface area (Å²) >= 11 is 6.16. The van der Waals surface area contributed by atoms with E-state index in [0.29, 0.717) is 6.61 Å². The monoisotopic (exact) mass is 242 g/mol. The highest BCUT2D eigenvalue weighted by Crippen LogP contribution is 2.19. The zero-order valence-electron chi connectivity index (χ0n) is 9.79. The summed E-state index contributed by atoms with van der Waals surface area (Å²) in [5, 5.41) is 0.803. The Hall–Kier alpha value is -0.610. The SMILES string of the molecule is COCCC(Cc1ccc(C)cc1Cl)NN. The van der Waals surface area contributed by atoms with Crippen LogP contribution in [0, 0.1) is 6.92 Å². The van der Waals surface area contributed by atoms with Crippen molar-refractivity contribution in [1.29, 1.82) is 0 Å². The third-order valence-electron chi connectivity index (χ3n) is 2.58. The Kier molecular flexibility index (Phi) is 5.77. The van der Waals surface area contributed by atoms with Crippen molar-refractivity contribution in [3.63, 3.8) is 0 Å². The van der Waals surface area contributed by atoms with Gasteiger partial charge in [-0.2, -0.15) is 0 Å². The van der Waals surface area contributed by atoms with Crippen molar-refractivity contribution in [3.8, 4) is 0 Å². The molecule has 0 aliphatic carbocycles. The van der Waals surface area contributed by atoms with Gasteiger partial charge in [0.1, 0.15) is 0 Å². The summed E-state index contributed by atoms with van der Waals surface area (Å²) in [7, 11) is 1.69. The fourth-order valence-corrected chi connectivity index (χ4v) is 1.90. The van der Waals surface area contributed by atoms with E-state index in [1.807, 2.05) is 13.0 Å². The summed E-state index contributed by atoms with van der Waals surface area (Å²) in [6.45, 7) is 2.72. The maximum absolute atomic E-state index is 6.16. The average Bonchev–Trinajstić information content (AvgIpc) is 2.27. The molecule has 0 aromatic heterocycles. The van der Waals surface area contributed by atoms with Gasteiger partial charge in [-0.3, -0.25) is 11.3 Å². The van der Waals surface area contributed by atoms with Crippen molar-refractivity contribution in [1.82, 2.24) is 5.43 Å². The first kappa shape index (κ1) is 13.5. The first-order chi connectivity index (χ1) is 7.67. The lowest BCUT2D eigenvalue weighted by Crippen LogP contribution is -2.37. The maximum Gasteiger partial charge on any atom is 0.0477 e. The Balaban J connectivity index is 2.62. The van der Waals surface area contributed by atoms with E-state index in [9.17, 15) is 0 Å². The Morgan fingerprint density at radius 3 is 2.81 bits per heavy atom. The van der Waals surface area contributed by atoms with Gasteiger partial charge < -0.3 is 4.74 Å². The molecular formula is C12H19ClN2O. The third kappa shape index (κ3) is 4.10. The van der Waals surface area contributed by atoms with Crippen molar-refractivity contribution in [3.05, 3.63) is 34.3 Å². The summed E-state index contributed by atoms with van der Waals surface area (Å²) < 4.78 is 5.03. The highest BCUT2D eigenvalue weighted by molar-refractivity contribution is 6.31. The number of ether oxygens (including phenoxy) is 1. The van der Waals surface area contributed by atoms with E-state index in [4.69, 9.17) is 22.2 Å². The molecule has 0 radical (unpaired) electrons. The zero-order valence-corrected chi connectivity index (χ0v) is 10.6. The van der Waals surface area contributed by atoms with E-state index in [1.165, 1.54) is 5.56 Å². The lowest BCUT2D eigenvalue weighted by atomic mass is 10.0. The molecule has 0 saturated heterocycles. The summed E-state index contributed by atoms with van der Waals surface area (Å²) in [4.78, 5) is 0. The number of benzene rings is 1. The number of hydrazine groups is 1. The molecule has 16 heavy (non-hydrogen) atoms. The molecule has 0 aliphatic heterocycles. The summed E-state index contributed by atoms with van der Waals surface area (Å²) in [5.41, 5.74) is 5.07. The predicted molar refractivity (Wildman–Crippen MR) is 67.5 cm³/mol. The molecule has 0 saturated carbocycles. The van der Waals surface area contributed by atoms with Crippen LogP contribution in [0.3, 0.4) is 0 Å². The molecule has 0 spiro atoms. The van der Waals surface area contributed by atoms with Gasteiger partial charge in [-0.25, -0.2) is 0 Å². The average molecular weight is 243 g/mol. The van der Waals surface area contributed by atoms with Crippen LogP contribution in [-0.4, -0.2) is 19.8 Å². The fraction of sp³-hybridized carbons (Fsp3) is 0.500. The fourth-order valence-electron chi connectivity index (χ4n) is 1.59. The minimum absolute atomic E-state index is 0.195. The number of hydrogen-bond donors (Lipinski definition) is 2. The van der Waals surface area contributed by atoms with Gasteiger partial charge >= 0.3 is 0 Å². The topological polar surface area (TPSA) is 47.3 Å². The predicted octanol–water partition coefficient (Wildman–Crippen LogP) is 2.06. The lowest BCUT2D eigenvalue weighted by Gasteiger charge is -2.16. The van der Waals surface area contributed by atoms with Crippen molar-refractivity contribution in [2.75, 3.05) is 13.7 Å². The molecule has 1 unspecified atom stereocenters. The molecule has 0 aliphatic rings. The largest absolute Gasteiger partial charge is 0.385 e. The van der Waals surface area contributed by atoms with Crippen LogP contribution in [0.25, 0.3) is 0 Å². The van der Waals surface area contributed by atoms with E-state index < -0.39 is 0 Å². The van der Waals surface area contributed by atoms with Crippen LogP contribution in [0.1, 0.15) is 17.5 Å². The number of methoxy groups -OCH3 is 1. The number of nitrogens with two attached hydrogens (primary N) is 1. The molecule has 3 N–H and O–H groups in total. The van der Waals surface area contributed by atoms with Crippen LogP contribution in [-0.2, 0) is 11.2 Å². The Bertz CT molecular complexity index is 331. The van der Waals surface area contributed by atoms with Crippen LogP contribution in [0.2, 0.25) is 5.02 Å². The van der Waals surface area contributed by atoms with Gasteiger partial charge in [-0.15, -0.1) is 0 Å². The van der Waals surface area contributed by atoms with Gasteiger partial charge in [-0.05, 0) is 37.0 Å². The summed E-state index contributed by atoms with van der Waals surface area (Å²) in [6.07, 6.45) is 1.69. The number of halogens is 1. The Morgan fingerprint density at radius 1 is 1.50 bits per heavy atom. The number of aryl methyl sites for hydroxylation is 1. The van der Waals surface area contributed by atoms with E-state index in [1.54, 1.807) is 7.11 Å². The maximum atomic E-state index is 6.16. The highest BCUT2D eigenvalue weighted by Gasteiger charge is 2.09. The van der Waals surface area contributed by atoms with Crippen LogP contribution in [0.5, 0.6) is 0 Å². The quantitative estimate of drug-likeness (QED) is 0.593.